The first kappa shape index (κ1) is 15.3. The van der Waals surface area contributed by atoms with Gasteiger partial charge in [0.05, 0.1) is 0 Å². The van der Waals surface area contributed by atoms with E-state index in [9.17, 15) is 26.3 Å². The van der Waals surface area contributed by atoms with Crippen molar-refractivity contribution in [3.8, 4) is 5.88 Å². The topological polar surface area (TPSA) is 47.0 Å². The van der Waals surface area contributed by atoms with Crippen LogP contribution in [0, 0.1) is 0 Å². The summed E-state index contributed by atoms with van der Waals surface area (Å²) in [5, 5.41) is 2.53. The summed E-state index contributed by atoms with van der Waals surface area (Å²) in [6.07, 6.45) is -14.1. The Morgan fingerprint density at radius 3 is 2.26 bits per heavy atom. The van der Waals surface area contributed by atoms with Crippen LogP contribution in [0.15, 0.2) is 12.3 Å². The highest BCUT2D eigenvalue weighted by Crippen LogP contribution is 2.36. The number of aromatic nitrogens is 2. The van der Waals surface area contributed by atoms with Crippen molar-refractivity contribution >= 4 is 5.95 Å². The van der Waals surface area contributed by atoms with Crippen LogP contribution in [0.3, 0.4) is 0 Å². The molecule has 0 radical (unpaired) electrons. The molecule has 0 aliphatic heterocycles. The van der Waals surface area contributed by atoms with Gasteiger partial charge in [-0.15, -0.1) is 0 Å². The molecule has 1 N–H and O–H groups in total. The van der Waals surface area contributed by atoms with E-state index in [2.05, 4.69) is 20.0 Å². The second-order valence-electron chi connectivity index (χ2n) is 3.33. The van der Waals surface area contributed by atoms with Gasteiger partial charge in [0, 0.05) is 18.8 Å². The highest BCUT2D eigenvalue weighted by atomic mass is 19.4. The second kappa shape index (κ2) is 5.49. The lowest BCUT2D eigenvalue weighted by Crippen LogP contribution is -2.46. The van der Waals surface area contributed by atoms with Gasteiger partial charge in [-0.2, -0.15) is 31.3 Å². The monoisotopic (exact) mass is 289 g/mol. The van der Waals surface area contributed by atoms with Gasteiger partial charge in [0.25, 0.3) is 6.10 Å². The number of hydrogen-bond donors (Lipinski definition) is 1. The average molecular weight is 289 g/mol. The lowest BCUT2D eigenvalue weighted by Gasteiger charge is -2.23. The van der Waals surface area contributed by atoms with Crippen molar-refractivity contribution < 1.29 is 31.1 Å². The Morgan fingerprint density at radius 1 is 1.21 bits per heavy atom. The molecule has 0 spiro atoms. The molecule has 0 unspecified atom stereocenters. The van der Waals surface area contributed by atoms with Crippen molar-refractivity contribution in [2.75, 3.05) is 11.9 Å². The van der Waals surface area contributed by atoms with Crippen LogP contribution >= 0.6 is 0 Å². The number of alkyl halides is 6. The standard InChI is InChI=1S/C9H9F6N3O/c1-2-16-7-17-4-3-5(18-7)19-6(8(10,11)12)9(13,14)15/h3-4,6H,2H2,1H3,(H,16,17,18). The van der Waals surface area contributed by atoms with Crippen molar-refractivity contribution in [1.29, 1.82) is 0 Å². The van der Waals surface area contributed by atoms with E-state index < -0.39 is 24.3 Å². The van der Waals surface area contributed by atoms with Crippen LogP contribution < -0.4 is 10.1 Å². The summed E-state index contributed by atoms with van der Waals surface area (Å²) in [6.45, 7) is 2.01. The quantitative estimate of drug-likeness (QED) is 0.866. The predicted molar refractivity (Wildman–Crippen MR) is 52.7 cm³/mol. The summed E-state index contributed by atoms with van der Waals surface area (Å²) in [5.41, 5.74) is 0. The first-order valence-electron chi connectivity index (χ1n) is 5.01. The lowest BCUT2D eigenvalue weighted by atomic mass is 10.3. The molecule has 0 bridgehead atoms. The average Bonchev–Trinajstić information content (AvgIpc) is 2.24. The minimum atomic E-state index is -5.58. The zero-order valence-corrected chi connectivity index (χ0v) is 9.51. The second-order valence-corrected chi connectivity index (χ2v) is 3.33. The zero-order chi connectivity index (χ0) is 14.7. The van der Waals surface area contributed by atoms with Gasteiger partial charge in [0.15, 0.2) is 0 Å². The van der Waals surface area contributed by atoms with Crippen LogP contribution in [0.5, 0.6) is 5.88 Å². The minimum Gasteiger partial charge on any atom is -0.455 e. The molecule has 0 amide bonds. The van der Waals surface area contributed by atoms with E-state index in [1.165, 1.54) is 0 Å². The molecule has 1 rings (SSSR count). The molecule has 10 heteroatoms. The number of ether oxygens (including phenoxy) is 1. The van der Waals surface area contributed by atoms with E-state index in [4.69, 9.17) is 0 Å². The Bertz CT molecular complexity index is 405. The number of anilines is 1. The molecule has 0 aliphatic rings. The molecule has 4 nitrogen and oxygen atoms in total. The summed E-state index contributed by atoms with van der Waals surface area (Å²) >= 11 is 0. The van der Waals surface area contributed by atoms with Gasteiger partial charge >= 0.3 is 12.4 Å². The fraction of sp³-hybridized carbons (Fsp3) is 0.556. The Balaban J connectivity index is 2.94. The summed E-state index contributed by atoms with van der Waals surface area (Å²) in [4.78, 5) is 6.98. The fourth-order valence-electron chi connectivity index (χ4n) is 1.09. The van der Waals surface area contributed by atoms with Crippen molar-refractivity contribution in [3.63, 3.8) is 0 Å². The van der Waals surface area contributed by atoms with Crippen molar-refractivity contribution in [2.45, 2.75) is 25.4 Å². The van der Waals surface area contributed by atoms with E-state index in [0.717, 1.165) is 12.3 Å². The van der Waals surface area contributed by atoms with E-state index in [1.54, 1.807) is 6.92 Å². The van der Waals surface area contributed by atoms with E-state index in [1.807, 2.05) is 0 Å². The number of nitrogens with zero attached hydrogens (tertiary/aromatic N) is 2. The summed E-state index contributed by atoms with van der Waals surface area (Å²) in [5.74, 6) is -0.936. The third-order valence-corrected chi connectivity index (χ3v) is 1.80. The maximum atomic E-state index is 12.2. The van der Waals surface area contributed by atoms with Gasteiger partial charge in [-0.25, -0.2) is 4.98 Å². The fourth-order valence-corrected chi connectivity index (χ4v) is 1.09. The van der Waals surface area contributed by atoms with Gasteiger partial charge in [-0.1, -0.05) is 0 Å². The third kappa shape index (κ3) is 4.45. The molecule has 0 fully saturated rings. The van der Waals surface area contributed by atoms with Gasteiger partial charge in [-0.3, -0.25) is 0 Å². The molecule has 0 saturated heterocycles. The van der Waals surface area contributed by atoms with E-state index in [-0.39, 0.29) is 5.95 Å². The van der Waals surface area contributed by atoms with E-state index >= 15 is 0 Å². The Labute approximate surface area is 103 Å². The van der Waals surface area contributed by atoms with Crippen LogP contribution in [-0.4, -0.2) is 35.0 Å². The first-order valence-corrected chi connectivity index (χ1v) is 5.01. The molecular formula is C9H9F6N3O. The molecule has 1 heterocycles. The number of nitrogens with one attached hydrogen (secondary N) is 1. The summed E-state index contributed by atoms with van der Waals surface area (Å²) in [7, 11) is 0. The molecule has 0 atom stereocenters. The summed E-state index contributed by atoms with van der Waals surface area (Å²) < 4.78 is 77.4. The highest BCUT2D eigenvalue weighted by Gasteiger charge is 2.59. The normalized spacial score (nSPS) is 12.6. The van der Waals surface area contributed by atoms with Gasteiger partial charge in [-0.05, 0) is 6.92 Å². The molecule has 1 aromatic rings. The molecule has 1 aromatic heterocycles. The predicted octanol–water partition coefficient (Wildman–Crippen LogP) is 2.78. The summed E-state index contributed by atoms with van der Waals surface area (Å²) in [6, 6.07) is 0.811. The third-order valence-electron chi connectivity index (χ3n) is 1.80. The number of halogens is 6. The molecule has 108 valence electrons. The smallest absolute Gasteiger partial charge is 0.434 e. The van der Waals surface area contributed by atoms with Crippen LogP contribution in [0.25, 0.3) is 0 Å². The minimum absolute atomic E-state index is 0.122. The molecule has 0 aliphatic carbocycles. The Morgan fingerprint density at radius 2 is 1.79 bits per heavy atom. The highest BCUT2D eigenvalue weighted by molar-refractivity contribution is 5.27. The molecule has 19 heavy (non-hydrogen) atoms. The van der Waals surface area contributed by atoms with Gasteiger partial charge < -0.3 is 10.1 Å². The first-order chi connectivity index (χ1) is 8.64. The molecule has 0 saturated carbocycles. The van der Waals surface area contributed by atoms with Crippen LogP contribution in [0.1, 0.15) is 6.92 Å². The van der Waals surface area contributed by atoms with Crippen LogP contribution in [-0.2, 0) is 0 Å². The largest absolute Gasteiger partial charge is 0.455 e. The maximum Gasteiger partial charge on any atom is 0.434 e. The van der Waals surface area contributed by atoms with Crippen LogP contribution in [0.4, 0.5) is 32.3 Å². The van der Waals surface area contributed by atoms with Crippen molar-refractivity contribution in [1.82, 2.24) is 9.97 Å². The van der Waals surface area contributed by atoms with Crippen molar-refractivity contribution in [2.24, 2.45) is 0 Å². The van der Waals surface area contributed by atoms with E-state index in [0.29, 0.717) is 6.54 Å². The van der Waals surface area contributed by atoms with Crippen LogP contribution in [0.2, 0.25) is 0 Å². The molecule has 0 aromatic carbocycles. The Hall–Kier alpha value is -1.74. The molecular weight excluding hydrogens is 280 g/mol. The van der Waals surface area contributed by atoms with Gasteiger partial charge in [0.2, 0.25) is 11.8 Å². The SMILES string of the molecule is CCNc1nccc(OC(C(F)(F)F)C(F)(F)F)n1. The number of hydrogen-bond acceptors (Lipinski definition) is 4. The maximum absolute atomic E-state index is 12.2. The number of rotatable bonds is 4. The Kier molecular flexibility index (Phi) is 4.43. The zero-order valence-electron chi connectivity index (χ0n) is 9.51. The lowest BCUT2D eigenvalue weighted by molar-refractivity contribution is -0.300. The van der Waals surface area contributed by atoms with Crippen molar-refractivity contribution in [3.05, 3.63) is 12.3 Å². The van der Waals surface area contributed by atoms with Gasteiger partial charge in [0.1, 0.15) is 0 Å².